The zero-order valence-corrected chi connectivity index (χ0v) is 71.6. The van der Waals surface area contributed by atoms with Crippen LogP contribution in [0.15, 0.2) is 10.3 Å². The lowest BCUT2D eigenvalue weighted by Gasteiger charge is -2.61. The van der Waals surface area contributed by atoms with E-state index in [9.17, 15) is 19.2 Å². The molecule has 16 aliphatic carbocycles. The van der Waals surface area contributed by atoms with Crippen LogP contribution in [0.4, 0.5) is 0 Å². The van der Waals surface area contributed by atoms with Crippen LogP contribution in [0.1, 0.15) is 370 Å². The van der Waals surface area contributed by atoms with Crippen LogP contribution in [0, 0.1) is 162 Å². The fourth-order valence-corrected chi connectivity index (χ4v) is 32.8. The van der Waals surface area contributed by atoms with E-state index in [0.29, 0.717) is 126 Å². The van der Waals surface area contributed by atoms with Gasteiger partial charge in [-0.2, -0.15) is 0 Å². The van der Waals surface area contributed by atoms with E-state index in [-0.39, 0.29) is 12.2 Å². The van der Waals surface area contributed by atoms with Crippen molar-refractivity contribution in [2.75, 3.05) is 0 Å². The average molecular weight is 1470 g/mol. The van der Waals surface area contributed by atoms with E-state index in [4.69, 9.17) is 19.1 Å². The smallest absolute Gasteiger partial charge is 0.133 e. The minimum atomic E-state index is 0.157. The summed E-state index contributed by atoms with van der Waals surface area (Å²) in [6, 6.07) is 0. The Hall–Kier alpha value is -2.46. The minimum absolute atomic E-state index is 0.157. The van der Waals surface area contributed by atoms with Gasteiger partial charge in [-0.05, 0) is 427 Å². The summed E-state index contributed by atoms with van der Waals surface area (Å²) in [5, 5.41) is 9.03. The van der Waals surface area contributed by atoms with Crippen LogP contribution in [0.2, 0.25) is 0 Å². The van der Waals surface area contributed by atoms with E-state index in [1.807, 2.05) is 13.8 Å². The molecule has 16 rings (SSSR count). The molecule has 0 bridgehead atoms. The van der Waals surface area contributed by atoms with Crippen LogP contribution in [0.3, 0.4) is 0 Å². The first-order valence-corrected chi connectivity index (χ1v) is 45.8. The van der Waals surface area contributed by atoms with Gasteiger partial charge in [0, 0.05) is 49.4 Å². The van der Waals surface area contributed by atoms with Gasteiger partial charge in [-0.1, -0.05) is 65.7 Å². The molecule has 0 saturated heterocycles. The van der Waals surface area contributed by atoms with E-state index < -0.39 is 0 Å². The summed E-state index contributed by atoms with van der Waals surface area (Å²) >= 11 is 0. The van der Waals surface area contributed by atoms with Crippen LogP contribution in [0.25, 0.3) is 0 Å². The van der Waals surface area contributed by atoms with Crippen LogP contribution in [0.5, 0.6) is 0 Å². The third-order valence-corrected chi connectivity index (χ3v) is 37.9. The van der Waals surface area contributed by atoms with Crippen LogP contribution < -0.4 is 0 Å². The van der Waals surface area contributed by atoms with Crippen molar-refractivity contribution in [3.8, 4) is 0 Å². The predicted molar refractivity (Wildman–Crippen MR) is 431 cm³/mol. The van der Waals surface area contributed by atoms with Crippen molar-refractivity contribution in [1.82, 2.24) is 0 Å². The first-order chi connectivity index (χ1) is 50.0. The molecule has 0 spiro atoms. The van der Waals surface area contributed by atoms with E-state index in [0.717, 1.165) is 134 Å². The highest BCUT2D eigenvalue weighted by atomic mass is 16.6. The molecular formula is C96H158N2O8. The Morgan fingerprint density at radius 2 is 0.575 bits per heavy atom. The van der Waals surface area contributed by atoms with Gasteiger partial charge in [0.15, 0.2) is 0 Å². The van der Waals surface area contributed by atoms with Crippen molar-refractivity contribution in [3.05, 3.63) is 0 Å². The monoisotopic (exact) mass is 1470 g/mol. The number of Topliss-reactive ketones (excluding diaryl/α,β-unsaturated/α-hetero) is 4. The molecule has 0 aromatic carbocycles. The van der Waals surface area contributed by atoms with Gasteiger partial charge in [0.1, 0.15) is 35.3 Å². The Morgan fingerprint density at radius 1 is 0.311 bits per heavy atom. The Labute approximate surface area is 647 Å². The normalized spacial score (nSPS) is 49.1. The third-order valence-electron chi connectivity index (χ3n) is 37.9. The second kappa shape index (κ2) is 31.4. The zero-order valence-electron chi connectivity index (χ0n) is 71.6. The maximum Gasteiger partial charge on any atom is 0.133 e. The predicted octanol–water partition coefficient (Wildman–Crippen LogP) is 24.1. The molecule has 30 atom stereocenters. The van der Waals surface area contributed by atoms with Crippen LogP contribution in [-0.4, -0.2) is 71.2 Å². The molecule has 0 heterocycles. The SMILES string of the molecule is C/C(=N\OC(C)C)[C@H]1CC[C@H]2[C@@H]3CC[C@@H]4CC(=O)CC[C@]4(C)[C@H]3CC[C@]12C.C/C(=N\OC(C)C)[C@H]1CC[C@H]2[C@@H]3CC[C@H]4CC(=O)CC[C@]4(C)[C@H]3CC[C@]12C.CC(=O)[C@H]1CC[C@H]2[C@@H]3CC[C@@H]4C[C@H](OC(C)C)CC[C@]4(C)[C@H]3CC[C@]12C.CC(=O)[C@H]1CC[C@H]2[C@@H]3CC[C@H]4C[C@H](OC(C)C)CC[C@]4(C)[C@H]3CC[C@]12C. The molecule has 0 aromatic rings. The molecule has 16 saturated carbocycles. The summed E-state index contributed by atoms with van der Waals surface area (Å²) in [6.07, 6.45) is 47.2. The lowest BCUT2D eigenvalue weighted by atomic mass is 9.44. The average Bonchev–Trinajstić information content (AvgIpc) is 1.52. The second-order valence-electron chi connectivity index (χ2n) is 44.0. The fraction of sp³-hybridized carbons (Fsp3) is 0.938. The van der Waals surface area contributed by atoms with Crippen LogP contribution in [-0.2, 0) is 38.3 Å². The molecule has 0 radical (unpaired) electrons. The molecule has 0 unspecified atom stereocenters. The number of carbonyl (C=O) groups excluding carboxylic acids is 4. The molecular weight excluding hydrogens is 1310 g/mol. The quantitative estimate of drug-likeness (QED) is 0.139. The molecule has 10 nitrogen and oxygen atoms in total. The number of oxime groups is 2. The van der Waals surface area contributed by atoms with Crippen molar-refractivity contribution in [2.45, 2.75) is 406 Å². The van der Waals surface area contributed by atoms with Gasteiger partial charge in [-0.3, -0.25) is 19.2 Å². The molecule has 10 heteroatoms. The van der Waals surface area contributed by atoms with E-state index in [1.165, 1.54) is 191 Å². The second-order valence-corrected chi connectivity index (χ2v) is 44.0. The van der Waals surface area contributed by atoms with Crippen molar-refractivity contribution < 1.29 is 38.3 Å². The first-order valence-electron chi connectivity index (χ1n) is 45.8. The van der Waals surface area contributed by atoms with Crippen molar-refractivity contribution in [3.63, 3.8) is 0 Å². The highest BCUT2D eigenvalue weighted by Gasteiger charge is 2.66. The standard InChI is InChI=1S/2C24H39NO2.2C24H40O2/c2*1-15(2)27-25-16(3)20-8-9-21-19-7-6-17-14-18(26)10-12-23(17,4)22(19)11-13-24(20,21)5;2*1-15(2)26-18-10-12-23(4)17(14-18)6-7-19-21-9-8-20(16(3)25)24(21,5)13-11-22(19)23/h2*15,17,19-22H,6-14H2,1-5H3;2*15,17-22H,6-14H2,1-5H3/b2*25-16+;;/t17-,19+,20-,21+,22+,23+,24-;17-,19-,20+,21-,22-,23-,24+;17-,18+,19-,20+,21-,22-,23-,24+;17-,18-,19+,20-,21+,22+,23+,24-/m1001/s1. The number of nitrogens with zero attached hydrogens (tertiary/aromatic N) is 2. The molecule has 16 fully saturated rings. The zero-order chi connectivity index (χ0) is 76.2. The number of rotatable bonds is 12. The lowest BCUT2D eigenvalue weighted by Crippen LogP contribution is -2.54. The molecule has 0 amide bonds. The summed E-state index contributed by atoms with van der Waals surface area (Å²) in [5.74, 6) is 17.1. The summed E-state index contributed by atoms with van der Waals surface area (Å²) in [7, 11) is 0. The number of ketones is 4. The van der Waals surface area contributed by atoms with Gasteiger partial charge < -0.3 is 19.1 Å². The maximum atomic E-state index is 12.3. The van der Waals surface area contributed by atoms with E-state index in [1.54, 1.807) is 0 Å². The van der Waals surface area contributed by atoms with Gasteiger partial charge in [-0.15, -0.1) is 0 Å². The lowest BCUT2D eigenvalue weighted by molar-refractivity contribution is -0.145. The Balaban J connectivity index is 0.000000125. The van der Waals surface area contributed by atoms with Crippen molar-refractivity contribution >= 4 is 34.6 Å². The van der Waals surface area contributed by atoms with E-state index >= 15 is 0 Å². The summed E-state index contributed by atoms with van der Waals surface area (Å²) in [5.41, 5.74) is 5.70. The van der Waals surface area contributed by atoms with Gasteiger partial charge in [0.2, 0.25) is 0 Å². The number of fused-ring (bicyclic) bond motifs is 20. The summed E-state index contributed by atoms with van der Waals surface area (Å²) in [4.78, 5) is 59.8. The van der Waals surface area contributed by atoms with Crippen LogP contribution >= 0.6 is 0 Å². The molecule has 600 valence electrons. The number of hydrogen-bond acceptors (Lipinski definition) is 10. The molecule has 0 aliphatic heterocycles. The van der Waals surface area contributed by atoms with Crippen molar-refractivity contribution in [1.29, 1.82) is 0 Å². The number of hydrogen-bond donors (Lipinski definition) is 0. The van der Waals surface area contributed by atoms with Gasteiger partial charge in [0.05, 0.1) is 35.8 Å². The summed E-state index contributed by atoms with van der Waals surface area (Å²) in [6.45, 7) is 45.4. The topological polar surface area (TPSA) is 130 Å². The first kappa shape index (κ1) is 81.6. The third kappa shape index (κ3) is 14.8. The minimum Gasteiger partial charge on any atom is -0.393 e. The Morgan fingerprint density at radius 3 is 0.868 bits per heavy atom. The van der Waals surface area contributed by atoms with Gasteiger partial charge in [-0.25, -0.2) is 0 Å². The number of carbonyl (C=O) groups is 4. The van der Waals surface area contributed by atoms with Gasteiger partial charge >= 0.3 is 0 Å². The molecule has 16 aliphatic rings. The Kier molecular flexibility index (Phi) is 24.1. The molecule has 0 aromatic heterocycles. The highest BCUT2D eigenvalue weighted by Crippen LogP contribution is 2.73. The molecule has 0 N–H and O–H groups in total. The van der Waals surface area contributed by atoms with E-state index in [2.05, 4.69) is 135 Å². The molecule has 106 heavy (non-hydrogen) atoms. The highest BCUT2D eigenvalue weighted by molar-refractivity contribution is 5.86. The largest absolute Gasteiger partial charge is 0.393 e. The van der Waals surface area contributed by atoms with Gasteiger partial charge in [0.25, 0.3) is 0 Å². The number of ether oxygens (including phenoxy) is 2. The Bertz CT molecular complexity index is 2980. The summed E-state index contributed by atoms with van der Waals surface area (Å²) < 4.78 is 12.4. The maximum absolute atomic E-state index is 12.3. The van der Waals surface area contributed by atoms with Crippen molar-refractivity contribution in [2.24, 2.45) is 172 Å². The fourth-order valence-electron chi connectivity index (χ4n) is 32.8.